The highest BCUT2D eigenvalue weighted by molar-refractivity contribution is 5.48. The normalized spacial score (nSPS) is 33.5. The van der Waals surface area contributed by atoms with Crippen LogP contribution in [0.25, 0.3) is 0 Å². The summed E-state index contributed by atoms with van der Waals surface area (Å²) < 4.78 is 0. The molecule has 0 aromatic rings. The van der Waals surface area contributed by atoms with E-state index in [0.29, 0.717) is 17.6 Å². The number of hydrogen-bond acceptors (Lipinski definition) is 2. The van der Waals surface area contributed by atoms with Gasteiger partial charge in [0, 0.05) is 24.1 Å². The van der Waals surface area contributed by atoms with Gasteiger partial charge < -0.3 is 10.4 Å². The van der Waals surface area contributed by atoms with Gasteiger partial charge in [-0.15, -0.1) is 0 Å². The molecule has 2 N–H and O–H groups in total. The minimum Gasteiger partial charge on any atom is -0.508 e. The molecule has 2 heteroatoms. The lowest BCUT2D eigenvalue weighted by molar-refractivity contribution is 0.378. The molecule has 3 unspecified atom stereocenters. The van der Waals surface area contributed by atoms with E-state index >= 15 is 0 Å². The summed E-state index contributed by atoms with van der Waals surface area (Å²) in [6, 6.07) is 0.288. The highest BCUT2D eigenvalue weighted by Crippen LogP contribution is 2.44. The highest BCUT2D eigenvalue weighted by Gasteiger charge is 2.35. The predicted molar refractivity (Wildman–Crippen MR) is 99.8 cm³/mol. The Morgan fingerprint density at radius 3 is 2.79 bits per heavy atom. The first-order valence-corrected chi connectivity index (χ1v) is 9.60. The van der Waals surface area contributed by atoms with E-state index < -0.39 is 0 Å². The zero-order valence-electron chi connectivity index (χ0n) is 14.9. The molecule has 0 radical (unpaired) electrons. The molecule has 1 heterocycles. The van der Waals surface area contributed by atoms with E-state index in [1.807, 2.05) is 0 Å². The van der Waals surface area contributed by atoms with Crippen LogP contribution in [0, 0.1) is 11.8 Å². The Labute approximate surface area is 145 Å². The topological polar surface area (TPSA) is 32.3 Å². The van der Waals surface area contributed by atoms with Gasteiger partial charge in [0.1, 0.15) is 5.76 Å². The molecule has 0 bridgehead atoms. The first kappa shape index (κ1) is 16.0. The molecule has 4 aliphatic rings. The summed E-state index contributed by atoms with van der Waals surface area (Å²) in [5.74, 6) is 1.59. The number of aliphatic hydroxyl groups is 1. The summed E-state index contributed by atoms with van der Waals surface area (Å²) in [5.41, 5.74) is 6.97. The van der Waals surface area contributed by atoms with E-state index in [1.165, 1.54) is 53.5 Å². The Morgan fingerprint density at radius 2 is 2.00 bits per heavy atom. The minimum atomic E-state index is 0.288. The van der Waals surface area contributed by atoms with Crippen LogP contribution in [0.15, 0.2) is 57.9 Å². The van der Waals surface area contributed by atoms with Gasteiger partial charge in [-0.05, 0) is 73.7 Å². The average molecular weight is 323 g/mol. The lowest BCUT2D eigenvalue weighted by Crippen LogP contribution is -2.23. The third kappa shape index (κ3) is 2.71. The molecule has 24 heavy (non-hydrogen) atoms. The van der Waals surface area contributed by atoms with E-state index in [4.69, 9.17) is 0 Å². The Kier molecular flexibility index (Phi) is 4.26. The molecule has 0 aromatic carbocycles. The van der Waals surface area contributed by atoms with Crippen molar-refractivity contribution in [3.63, 3.8) is 0 Å². The van der Waals surface area contributed by atoms with Crippen LogP contribution in [0.5, 0.6) is 0 Å². The summed E-state index contributed by atoms with van der Waals surface area (Å²) in [7, 11) is 0. The average Bonchev–Trinajstić information content (AvgIpc) is 3.02. The van der Waals surface area contributed by atoms with Crippen LogP contribution in [0.2, 0.25) is 0 Å². The Hall–Kier alpha value is -1.54. The molecule has 2 nitrogen and oxygen atoms in total. The van der Waals surface area contributed by atoms with Crippen molar-refractivity contribution in [1.29, 1.82) is 0 Å². The second kappa shape index (κ2) is 6.40. The molecule has 0 amide bonds. The number of aliphatic hydroxyl groups excluding tert-OH is 1. The fourth-order valence-electron chi connectivity index (χ4n) is 4.92. The quantitative estimate of drug-likeness (QED) is 0.738. The van der Waals surface area contributed by atoms with Crippen LogP contribution < -0.4 is 5.32 Å². The third-order valence-electron chi connectivity index (χ3n) is 6.30. The van der Waals surface area contributed by atoms with Crippen molar-refractivity contribution >= 4 is 0 Å². The summed E-state index contributed by atoms with van der Waals surface area (Å²) >= 11 is 0. The van der Waals surface area contributed by atoms with Crippen molar-refractivity contribution in [3.8, 4) is 0 Å². The van der Waals surface area contributed by atoms with Gasteiger partial charge in [0.2, 0.25) is 0 Å². The van der Waals surface area contributed by atoms with Gasteiger partial charge in [0.25, 0.3) is 0 Å². The van der Waals surface area contributed by atoms with Crippen LogP contribution in [0.4, 0.5) is 0 Å². The van der Waals surface area contributed by atoms with Crippen molar-refractivity contribution in [2.45, 2.75) is 58.4 Å². The summed E-state index contributed by atoms with van der Waals surface area (Å²) in [6.45, 7) is 5.44. The fourth-order valence-corrected chi connectivity index (χ4v) is 4.92. The Morgan fingerprint density at radius 1 is 1.12 bits per heavy atom. The first-order chi connectivity index (χ1) is 11.6. The van der Waals surface area contributed by atoms with Crippen LogP contribution in [-0.4, -0.2) is 17.7 Å². The zero-order chi connectivity index (χ0) is 16.7. The van der Waals surface area contributed by atoms with Crippen LogP contribution in [-0.2, 0) is 0 Å². The standard InChI is InChI=1S/C22H29NO/c1-14-11-19(22(24)21-15(2)23-13-20(14)21)18-10-6-9-17(12-18)16-7-4-3-5-8-16/h3-4,7,12,14-15,18,23-24H,5-6,8-11,13H2,1-2H3. The maximum absolute atomic E-state index is 11.0. The molecule has 1 aliphatic heterocycles. The van der Waals surface area contributed by atoms with Crippen LogP contribution in [0.3, 0.4) is 0 Å². The zero-order valence-corrected chi connectivity index (χ0v) is 14.9. The third-order valence-corrected chi connectivity index (χ3v) is 6.30. The van der Waals surface area contributed by atoms with Gasteiger partial charge in [0.05, 0.1) is 0 Å². The predicted octanol–water partition coefficient (Wildman–Crippen LogP) is 5.13. The first-order valence-electron chi connectivity index (χ1n) is 9.60. The van der Waals surface area contributed by atoms with Gasteiger partial charge in [-0.2, -0.15) is 0 Å². The van der Waals surface area contributed by atoms with Crippen molar-refractivity contribution in [2.24, 2.45) is 11.8 Å². The van der Waals surface area contributed by atoms with Crippen LogP contribution in [0.1, 0.15) is 52.4 Å². The molecule has 4 rings (SSSR count). The van der Waals surface area contributed by atoms with Gasteiger partial charge in [-0.1, -0.05) is 31.2 Å². The SMILES string of the molecule is CC1CC(C2C=C(C3=CC=CCC3)CCC2)=C(O)C2=C1CNC2C. The molecule has 0 aromatic heterocycles. The van der Waals surface area contributed by atoms with Crippen molar-refractivity contribution < 1.29 is 5.11 Å². The van der Waals surface area contributed by atoms with Gasteiger partial charge >= 0.3 is 0 Å². The smallest absolute Gasteiger partial charge is 0.120 e. The van der Waals surface area contributed by atoms with Crippen LogP contribution >= 0.6 is 0 Å². The van der Waals surface area contributed by atoms with E-state index in [9.17, 15) is 5.11 Å². The molecule has 3 aliphatic carbocycles. The molecule has 128 valence electrons. The molecule has 0 saturated heterocycles. The maximum atomic E-state index is 11.0. The second-order valence-corrected chi connectivity index (χ2v) is 7.87. The number of nitrogens with one attached hydrogen (secondary N) is 1. The lowest BCUT2D eigenvalue weighted by atomic mass is 9.74. The van der Waals surface area contributed by atoms with Gasteiger partial charge in [-0.25, -0.2) is 0 Å². The molecule has 0 spiro atoms. The van der Waals surface area contributed by atoms with Gasteiger partial charge in [-0.3, -0.25) is 0 Å². The van der Waals surface area contributed by atoms with E-state index in [2.05, 4.69) is 43.5 Å². The molecule has 0 saturated carbocycles. The Bertz CT molecular complexity index is 689. The highest BCUT2D eigenvalue weighted by atomic mass is 16.3. The van der Waals surface area contributed by atoms with Gasteiger partial charge in [0.15, 0.2) is 0 Å². The summed E-state index contributed by atoms with van der Waals surface area (Å²) in [5, 5.41) is 14.5. The fraction of sp³-hybridized carbons (Fsp3) is 0.545. The van der Waals surface area contributed by atoms with Crippen molar-refractivity contribution in [1.82, 2.24) is 5.32 Å². The lowest BCUT2D eigenvalue weighted by Gasteiger charge is -2.31. The summed E-state index contributed by atoms with van der Waals surface area (Å²) in [6.07, 6.45) is 16.2. The minimum absolute atomic E-state index is 0.288. The van der Waals surface area contributed by atoms with E-state index in [0.717, 1.165) is 19.4 Å². The molecule has 3 atom stereocenters. The monoisotopic (exact) mass is 323 g/mol. The van der Waals surface area contributed by atoms with Crippen molar-refractivity contribution in [3.05, 3.63) is 57.9 Å². The molecule has 0 fully saturated rings. The van der Waals surface area contributed by atoms with E-state index in [-0.39, 0.29) is 6.04 Å². The number of rotatable bonds is 2. The number of hydrogen-bond donors (Lipinski definition) is 2. The van der Waals surface area contributed by atoms with E-state index in [1.54, 1.807) is 0 Å². The largest absolute Gasteiger partial charge is 0.508 e. The Balaban J connectivity index is 1.67. The summed E-state index contributed by atoms with van der Waals surface area (Å²) in [4.78, 5) is 0. The molecular weight excluding hydrogens is 294 g/mol. The molecular formula is C22H29NO. The number of allylic oxidation sites excluding steroid dienone is 7. The second-order valence-electron chi connectivity index (χ2n) is 7.87. The maximum Gasteiger partial charge on any atom is 0.120 e. The van der Waals surface area contributed by atoms with Crippen molar-refractivity contribution in [2.75, 3.05) is 6.54 Å².